The standard InChI is InChI=1S/C10H19N5/c1-7(2)11-6-10-12-13-14-15(10)9-4-8(3)5-9/h7-9,11H,4-6H2,1-3H3. The summed E-state index contributed by atoms with van der Waals surface area (Å²) >= 11 is 0. The van der Waals surface area contributed by atoms with Crippen molar-refractivity contribution in [2.45, 2.75) is 52.2 Å². The lowest BCUT2D eigenvalue weighted by Crippen LogP contribution is -2.30. The topological polar surface area (TPSA) is 55.6 Å². The molecule has 0 unspecified atom stereocenters. The molecule has 1 N–H and O–H groups in total. The summed E-state index contributed by atoms with van der Waals surface area (Å²) in [6, 6.07) is 0.995. The molecule has 0 atom stereocenters. The van der Waals surface area contributed by atoms with E-state index in [0.29, 0.717) is 12.1 Å². The summed E-state index contributed by atoms with van der Waals surface area (Å²) in [6.07, 6.45) is 2.42. The second-order valence-electron chi connectivity index (χ2n) is 4.81. The van der Waals surface area contributed by atoms with Gasteiger partial charge in [0.2, 0.25) is 0 Å². The molecular weight excluding hydrogens is 190 g/mol. The van der Waals surface area contributed by atoms with Gasteiger partial charge < -0.3 is 5.32 Å². The average molecular weight is 209 g/mol. The minimum Gasteiger partial charge on any atom is -0.308 e. The highest BCUT2D eigenvalue weighted by Gasteiger charge is 2.29. The van der Waals surface area contributed by atoms with Crippen LogP contribution in [0, 0.1) is 5.92 Å². The van der Waals surface area contributed by atoms with E-state index in [4.69, 9.17) is 0 Å². The third-order valence-electron chi connectivity index (χ3n) is 2.92. The molecule has 0 aliphatic heterocycles. The van der Waals surface area contributed by atoms with Crippen molar-refractivity contribution < 1.29 is 0 Å². The molecule has 1 aliphatic carbocycles. The number of tetrazole rings is 1. The van der Waals surface area contributed by atoms with Crippen LogP contribution < -0.4 is 5.32 Å². The molecule has 0 aromatic carbocycles. The van der Waals surface area contributed by atoms with Gasteiger partial charge in [0.15, 0.2) is 5.82 Å². The van der Waals surface area contributed by atoms with Gasteiger partial charge in [0, 0.05) is 6.04 Å². The lowest BCUT2D eigenvalue weighted by Gasteiger charge is -2.32. The van der Waals surface area contributed by atoms with Crippen molar-refractivity contribution in [2.24, 2.45) is 5.92 Å². The fraction of sp³-hybridized carbons (Fsp3) is 0.900. The van der Waals surface area contributed by atoms with Gasteiger partial charge in [-0.05, 0) is 29.2 Å². The van der Waals surface area contributed by atoms with Gasteiger partial charge in [0.25, 0.3) is 0 Å². The van der Waals surface area contributed by atoms with E-state index in [1.807, 2.05) is 4.68 Å². The van der Waals surface area contributed by atoms with Crippen LogP contribution in [-0.4, -0.2) is 26.2 Å². The first-order valence-electron chi connectivity index (χ1n) is 5.67. The molecule has 15 heavy (non-hydrogen) atoms. The Bertz CT molecular complexity index is 313. The fourth-order valence-electron chi connectivity index (χ4n) is 1.97. The maximum atomic E-state index is 4.07. The van der Waals surface area contributed by atoms with Crippen LogP contribution in [0.4, 0.5) is 0 Å². The maximum absolute atomic E-state index is 4.07. The Labute approximate surface area is 90.2 Å². The second-order valence-corrected chi connectivity index (χ2v) is 4.81. The smallest absolute Gasteiger partial charge is 0.165 e. The summed E-state index contributed by atoms with van der Waals surface area (Å²) < 4.78 is 1.98. The van der Waals surface area contributed by atoms with Crippen molar-refractivity contribution in [3.8, 4) is 0 Å². The SMILES string of the molecule is CC1CC(n2nnnc2CNC(C)C)C1. The van der Waals surface area contributed by atoms with Crippen LogP contribution in [0.25, 0.3) is 0 Å². The van der Waals surface area contributed by atoms with Gasteiger partial charge in [-0.25, -0.2) is 4.68 Å². The molecule has 0 radical (unpaired) electrons. The normalized spacial score (nSPS) is 25.6. The number of nitrogens with zero attached hydrogens (tertiary/aromatic N) is 4. The van der Waals surface area contributed by atoms with Crippen LogP contribution in [-0.2, 0) is 6.54 Å². The summed E-state index contributed by atoms with van der Waals surface area (Å²) in [4.78, 5) is 0. The molecule has 84 valence electrons. The maximum Gasteiger partial charge on any atom is 0.165 e. The first-order valence-corrected chi connectivity index (χ1v) is 5.67. The molecule has 2 rings (SSSR count). The van der Waals surface area contributed by atoms with E-state index in [2.05, 4.69) is 41.6 Å². The van der Waals surface area contributed by atoms with E-state index in [1.165, 1.54) is 12.8 Å². The highest BCUT2D eigenvalue weighted by molar-refractivity contribution is 4.89. The Kier molecular flexibility index (Phi) is 3.00. The minimum atomic E-state index is 0.468. The highest BCUT2D eigenvalue weighted by Crippen LogP contribution is 2.36. The van der Waals surface area contributed by atoms with Gasteiger partial charge >= 0.3 is 0 Å². The van der Waals surface area contributed by atoms with Crippen molar-refractivity contribution in [3.05, 3.63) is 5.82 Å². The van der Waals surface area contributed by atoms with Gasteiger partial charge in [-0.2, -0.15) is 0 Å². The van der Waals surface area contributed by atoms with Crippen molar-refractivity contribution in [3.63, 3.8) is 0 Å². The first kappa shape index (κ1) is 10.5. The molecule has 0 bridgehead atoms. The van der Waals surface area contributed by atoms with Crippen molar-refractivity contribution in [1.82, 2.24) is 25.5 Å². The Hall–Kier alpha value is -0.970. The van der Waals surface area contributed by atoms with E-state index in [0.717, 1.165) is 18.3 Å². The quantitative estimate of drug-likeness (QED) is 0.808. The van der Waals surface area contributed by atoms with Crippen LogP contribution in [0.3, 0.4) is 0 Å². The van der Waals surface area contributed by atoms with E-state index in [1.54, 1.807) is 0 Å². The zero-order chi connectivity index (χ0) is 10.8. The Morgan fingerprint density at radius 1 is 1.47 bits per heavy atom. The van der Waals surface area contributed by atoms with Crippen molar-refractivity contribution in [2.75, 3.05) is 0 Å². The largest absolute Gasteiger partial charge is 0.308 e. The fourth-order valence-corrected chi connectivity index (χ4v) is 1.97. The third-order valence-corrected chi connectivity index (χ3v) is 2.92. The van der Waals surface area contributed by atoms with Crippen LogP contribution >= 0.6 is 0 Å². The molecule has 1 saturated carbocycles. The summed E-state index contributed by atoms with van der Waals surface area (Å²) in [5.41, 5.74) is 0. The molecule has 5 nitrogen and oxygen atoms in total. The van der Waals surface area contributed by atoms with Crippen molar-refractivity contribution in [1.29, 1.82) is 0 Å². The molecule has 1 aromatic heterocycles. The zero-order valence-corrected chi connectivity index (χ0v) is 9.64. The molecular formula is C10H19N5. The molecule has 0 spiro atoms. The highest BCUT2D eigenvalue weighted by atomic mass is 15.6. The van der Waals surface area contributed by atoms with Gasteiger partial charge in [-0.15, -0.1) is 5.10 Å². The Balaban J connectivity index is 1.96. The number of rotatable bonds is 4. The van der Waals surface area contributed by atoms with Crippen LogP contribution in [0.15, 0.2) is 0 Å². The molecule has 0 saturated heterocycles. The predicted molar refractivity (Wildman–Crippen MR) is 57.2 cm³/mol. The van der Waals surface area contributed by atoms with Crippen LogP contribution in [0.5, 0.6) is 0 Å². The Morgan fingerprint density at radius 2 is 2.20 bits per heavy atom. The number of nitrogens with one attached hydrogen (secondary N) is 1. The predicted octanol–water partition coefficient (Wildman–Crippen LogP) is 1.14. The second kappa shape index (κ2) is 4.26. The average Bonchev–Trinajstić information content (AvgIpc) is 2.57. The van der Waals surface area contributed by atoms with Crippen LogP contribution in [0.1, 0.15) is 45.5 Å². The van der Waals surface area contributed by atoms with Gasteiger partial charge in [-0.1, -0.05) is 20.8 Å². The number of aromatic nitrogens is 4. The van der Waals surface area contributed by atoms with Gasteiger partial charge in [-0.3, -0.25) is 0 Å². The summed E-state index contributed by atoms with van der Waals surface area (Å²) in [5, 5.41) is 15.2. The molecule has 1 fully saturated rings. The molecule has 1 aromatic rings. The Morgan fingerprint density at radius 3 is 2.80 bits per heavy atom. The molecule has 1 aliphatic rings. The van der Waals surface area contributed by atoms with Gasteiger partial charge in [0.05, 0.1) is 12.6 Å². The number of hydrogen-bond donors (Lipinski definition) is 1. The molecule has 5 heteroatoms. The third kappa shape index (κ3) is 2.34. The lowest BCUT2D eigenvalue weighted by molar-refractivity contribution is 0.192. The minimum absolute atomic E-state index is 0.468. The zero-order valence-electron chi connectivity index (χ0n) is 9.64. The van der Waals surface area contributed by atoms with Crippen LogP contribution in [0.2, 0.25) is 0 Å². The summed E-state index contributed by atoms with van der Waals surface area (Å²) in [6.45, 7) is 7.28. The summed E-state index contributed by atoms with van der Waals surface area (Å²) in [5.74, 6) is 1.78. The lowest BCUT2D eigenvalue weighted by atomic mass is 9.82. The van der Waals surface area contributed by atoms with E-state index in [9.17, 15) is 0 Å². The van der Waals surface area contributed by atoms with E-state index < -0.39 is 0 Å². The summed E-state index contributed by atoms with van der Waals surface area (Å²) in [7, 11) is 0. The molecule has 0 amide bonds. The monoisotopic (exact) mass is 209 g/mol. The first-order chi connectivity index (χ1) is 7.16. The molecule has 1 heterocycles. The van der Waals surface area contributed by atoms with Gasteiger partial charge in [0.1, 0.15) is 0 Å². The van der Waals surface area contributed by atoms with E-state index >= 15 is 0 Å². The van der Waals surface area contributed by atoms with Crippen molar-refractivity contribution >= 4 is 0 Å². The van der Waals surface area contributed by atoms with E-state index in [-0.39, 0.29) is 0 Å². The number of hydrogen-bond acceptors (Lipinski definition) is 4.